The molecule has 38 heavy (non-hydrogen) atoms. The quantitative estimate of drug-likeness (QED) is 0.301. The smallest absolute Gasteiger partial charge is 0.251 e. The summed E-state index contributed by atoms with van der Waals surface area (Å²) >= 11 is 6.01. The number of amides is 1. The number of nitrogens with zero attached hydrogens (tertiary/aromatic N) is 2. The fourth-order valence-electron chi connectivity index (χ4n) is 5.81. The van der Waals surface area contributed by atoms with Crippen LogP contribution in [0.1, 0.15) is 42.3 Å². The average Bonchev–Trinajstić information content (AvgIpc) is 3.42. The number of benzene rings is 3. The Balaban J connectivity index is 1.31. The number of carbonyl (C=O) groups excluding carboxylic acids is 1. The van der Waals surface area contributed by atoms with Gasteiger partial charge in [0.2, 0.25) is 0 Å². The molecule has 6 rings (SSSR count). The van der Waals surface area contributed by atoms with Crippen molar-refractivity contribution in [1.82, 2.24) is 14.8 Å². The van der Waals surface area contributed by atoms with Gasteiger partial charge in [-0.05, 0) is 67.4 Å². The lowest BCUT2D eigenvalue weighted by Crippen LogP contribution is -2.44. The molecule has 2 aliphatic rings. The highest BCUT2D eigenvalue weighted by atomic mass is 32.1. The Hall–Kier alpha value is -3.84. The molecular formula is C31H31N3O3S. The van der Waals surface area contributed by atoms with Crippen LogP contribution in [0.25, 0.3) is 10.9 Å². The minimum absolute atomic E-state index is 0.0721. The molecule has 1 amide bonds. The molecule has 6 nitrogen and oxygen atoms in total. The maximum Gasteiger partial charge on any atom is 0.251 e. The molecule has 0 spiro atoms. The Bertz CT molecular complexity index is 1500. The molecule has 3 aromatic carbocycles. The monoisotopic (exact) mass is 525 g/mol. The summed E-state index contributed by atoms with van der Waals surface area (Å²) in [6, 6.07) is 24.2. The fourth-order valence-corrected chi connectivity index (χ4v) is 6.22. The average molecular weight is 526 g/mol. The Labute approximate surface area is 228 Å². The van der Waals surface area contributed by atoms with Crippen molar-refractivity contribution < 1.29 is 14.3 Å². The van der Waals surface area contributed by atoms with Crippen LogP contribution in [0.4, 0.5) is 0 Å². The van der Waals surface area contributed by atoms with Crippen LogP contribution in [0.5, 0.6) is 11.5 Å². The summed E-state index contributed by atoms with van der Waals surface area (Å²) in [4.78, 5) is 21.5. The lowest BCUT2D eigenvalue weighted by Gasteiger charge is -2.37. The fraction of sp³-hybridized carbons (Fsp3) is 0.290. The Kier molecular flexibility index (Phi) is 6.54. The first-order valence-electron chi connectivity index (χ1n) is 13.3. The van der Waals surface area contributed by atoms with E-state index in [4.69, 9.17) is 21.7 Å². The second-order valence-corrected chi connectivity index (χ2v) is 10.0. The van der Waals surface area contributed by atoms with Gasteiger partial charge >= 0.3 is 0 Å². The molecule has 0 aliphatic carbocycles. The van der Waals surface area contributed by atoms with E-state index in [0.717, 1.165) is 33.8 Å². The van der Waals surface area contributed by atoms with Crippen LogP contribution in [0.15, 0.2) is 72.8 Å². The lowest BCUT2D eigenvalue weighted by atomic mass is 9.89. The number of nitrogens with one attached hydrogen (secondary N) is 1. The van der Waals surface area contributed by atoms with Crippen molar-refractivity contribution in [3.8, 4) is 11.5 Å². The first kappa shape index (κ1) is 24.5. The van der Waals surface area contributed by atoms with Crippen molar-refractivity contribution in [2.45, 2.75) is 38.8 Å². The zero-order valence-corrected chi connectivity index (χ0v) is 22.5. The summed E-state index contributed by atoms with van der Waals surface area (Å²) in [6.45, 7) is 5.57. The zero-order valence-electron chi connectivity index (χ0n) is 21.6. The maximum absolute atomic E-state index is 13.9. The van der Waals surface area contributed by atoms with Gasteiger partial charge in [-0.3, -0.25) is 9.69 Å². The molecule has 0 saturated carbocycles. The Morgan fingerprint density at radius 2 is 1.68 bits per heavy atom. The number of rotatable bonds is 8. The molecule has 7 heteroatoms. The van der Waals surface area contributed by atoms with Crippen molar-refractivity contribution in [2.75, 3.05) is 19.8 Å². The molecule has 1 saturated heterocycles. The van der Waals surface area contributed by atoms with Gasteiger partial charge in [0.1, 0.15) is 6.04 Å². The van der Waals surface area contributed by atoms with Gasteiger partial charge in [-0.25, -0.2) is 0 Å². The van der Waals surface area contributed by atoms with Gasteiger partial charge in [0.15, 0.2) is 16.6 Å². The summed E-state index contributed by atoms with van der Waals surface area (Å²) in [5, 5.41) is 1.77. The predicted molar refractivity (Wildman–Crippen MR) is 153 cm³/mol. The van der Waals surface area contributed by atoms with Crippen LogP contribution in [-0.4, -0.2) is 51.6 Å². The SMILES string of the molecule is CCOc1ccc(CCN2C(=O)[C@H]3Cc4c([nH]c5ccccc45)[C@@H](c4ccccc4)N3C2=S)cc1OCC. The second-order valence-electron chi connectivity index (χ2n) is 9.67. The summed E-state index contributed by atoms with van der Waals surface area (Å²) in [6.07, 6.45) is 1.30. The third kappa shape index (κ3) is 4.11. The molecule has 2 aliphatic heterocycles. The largest absolute Gasteiger partial charge is 0.490 e. The van der Waals surface area contributed by atoms with Crippen molar-refractivity contribution in [1.29, 1.82) is 0 Å². The number of fused-ring (bicyclic) bond motifs is 4. The standard InChI is InChI=1S/C31H31N3O3S/c1-3-36-26-15-14-20(18-27(26)37-4-2)16-17-33-30(35)25-19-23-22-12-8-9-13-24(22)32-28(23)29(34(25)31(33)38)21-10-6-5-7-11-21/h5-15,18,25,29,32H,3-4,16-17,19H2,1-2H3/t25-,29-/m1/s1. The topological polar surface area (TPSA) is 57.8 Å². The maximum atomic E-state index is 13.9. The van der Waals surface area contributed by atoms with Gasteiger partial charge in [0.05, 0.1) is 19.3 Å². The number of H-pyrrole nitrogens is 1. The highest BCUT2D eigenvalue weighted by molar-refractivity contribution is 7.80. The first-order chi connectivity index (χ1) is 18.6. The zero-order chi connectivity index (χ0) is 26.2. The van der Waals surface area contributed by atoms with Crippen LogP contribution in [-0.2, 0) is 17.6 Å². The van der Waals surface area contributed by atoms with Gasteiger partial charge in [-0.1, -0.05) is 54.6 Å². The number of aromatic amines is 1. The molecule has 194 valence electrons. The highest BCUT2D eigenvalue weighted by Crippen LogP contribution is 2.44. The number of thiocarbonyl (C=S) groups is 1. The molecule has 1 aromatic heterocycles. The van der Waals surface area contributed by atoms with Gasteiger partial charge in [-0.15, -0.1) is 0 Å². The molecule has 3 heterocycles. The number of carbonyl (C=O) groups is 1. The van der Waals surface area contributed by atoms with Crippen molar-refractivity contribution in [2.24, 2.45) is 0 Å². The van der Waals surface area contributed by atoms with E-state index in [1.54, 1.807) is 4.90 Å². The Morgan fingerprint density at radius 3 is 2.47 bits per heavy atom. The van der Waals surface area contributed by atoms with Crippen LogP contribution >= 0.6 is 12.2 Å². The van der Waals surface area contributed by atoms with E-state index in [1.165, 1.54) is 10.9 Å². The molecule has 0 bridgehead atoms. The minimum Gasteiger partial charge on any atom is -0.490 e. The minimum atomic E-state index is -0.321. The van der Waals surface area contributed by atoms with Gasteiger partial charge in [0, 0.05) is 29.6 Å². The molecule has 2 atom stereocenters. The third-order valence-electron chi connectivity index (χ3n) is 7.48. The van der Waals surface area contributed by atoms with E-state index >= 15 is 0 Å². The molecular weight excluding hydrogens is 494 g/mol. The first-order valence-corrected chi connectivity index (χ1v) is 13.7. The van der Waals surface area contributed by atoms with E-state index in [9.17, 15) is 4.79 Å². The predicted octanol–water partition coefficient (Wildman–Crippen LogP) is 5.65. The van der Waals surface area contributed by atoms with E-state index < -0.39 is 0 Å². The highest BCUT2D eigenvalue weighted by Gasteiger charge is 2.50. The van der Waals surface area contributed by atoms with Gasteiger partial charge < -0.3 is 19.4 Å². The normalized spacial score (nSPS) is 18.6. The second kappa shape index (κ2) is 10.1. The summed E-state index contributed by atoms with van der Waals surface area (Å²) in [5.41, 5.74) is 5.62. The third-order valence-corrected chi connectivity index (χ3v) is 7.91. The summed E-state index contributed by atoms with van der Waals surface area (Å²) < 4.78 is 11.5. The van der Waals surface area contributed by atoms with Crippen molar-refractivity contribution >= 4 is 34.1 Å². The molecule has 0 unspecified atom stereocenters. The molecule has 1 N–H and O–H groups in total. The van der Waals surface area contributed by atoms with E-state index in [2.05, 4.69) is 40.2 Å². The number of aromatic nitrogens is 1. The number of hydrogen-bond donors (Lipinski definition) is 1. The van der Waals surface area contributed by atoms with E-state index in [1.807, 2.05) is 56.3 Å². The van der Waals surface area contributed by atoms with Gasteiger partial charge in [0.25, 0.3) is 5.91 Å². The Morgan fingerprint density at radius 1 is 0.947 bits per heavy atom. The van der Waals surface area contributed by atoms with Crippen LogP contribution in [0.2, 0.25) is 0 Å². The van der Waals surface area contributed by atoms with E-state index in [0.29, 0.717) is 37.7 Å². The molecule has 1 fully saturated rings. The van der Waals surface area contributed by atoms with Crippen LogP contribution in [0, 0.1) is 0 Å². The molecule has 4 aromatic rings. The van der Waals surface area contributed by atoms with E-state index in [-0.39, 0.29) is 18.0 Å². The van der Waals surface area contributed by atoms with Crippen molar-refractivity contribution in [3.05, 3.63) is 95.2 Å². The van der Waals surface area contributed by atoms with Crippen molar-refractivity contribution in [3.63, 3.8) is 0 Å². The molecule has 0 radical (unpaired) electrons. The van der Waals surface area contributed by atoms with Crippen LogP contribution < -0.4 is 9.47 Å². The number of para-hydroxylation sites is 1. The van der Waals surface area contributed by atoms with Gasteiger partial charge in [-0.2, -0.15) is 0 Å². The lowest BCUT2D eigenvalue weighted by molar-refractivity contribution is -0.128. The summed E-state index contributed by atoms with van der Waals surface area (Å²) in [5.74, 6) is 1.54. The number of ether oxygens (including phenoxy) is 2. The number of hydrogen-bond acceptors (Lipinski definition) is 4. The van der Waals surface area contributed by atoms with Crippen LogP contribution in [0.3, 0.4) is 0 Å². The summed E-state index contributed by atoms with van der Waals surface area (Å²) in [7, 11) is 0.